The van der Waals surface area contributed by atoms with Crippen LogP contribution in [0.1, 0.15) is 28.1 Å². The second kappa shape index (κ2) is 10.9. The van der Waals surface area contributed by atoms with E-state index in [4.69, 9.17) is 15.0 Å². The number of anilines is 1. The van der Waals surface area contributed by atoms with Crippen LogP contribution in [0.25, 0.3) is 10.9 Å². The van der Waals surface area contributed by atoms with Crippen LogP contribution >= 0.6 is 0 Å². The quantitative estimate of drug-likeness (QED) is 0.271. The molecule has 3 aromatic carbocycles. The lowest BCUT2D eigenvalue weighted by Crippen LogP contribution is -2.48. The zero-order chi connectivity index (χ0) is 28.4. The minimum Gasteiger partial charge on any atom is -0.489 e. The van der Waals surface area contributed by atoms with Gasteiger partial charge in [0.05, 0.1) is 27.7 Å². The molecule has 2 aromatic heterocycles. The number of rotatable bonds is 9. The Morgan fingerprint density at radius 2 is 1.77 bits per heavy atom. The van der Waals surface area contributed by atoms with E-state index in [-0.39, 0.29) is 23.7 Å². The number of nitrogens with one attached hydrogen (secondary N) is 1. The van der Waals surface area contributed by atoms with Crippen molar-refractivity contribution in [3.05, 3.63) is 101 Å². The lowest BCUT2D eigenvalue weighted by Gasteiger charge is -2.24. The number of aromatic nitrogens is 3. The zero-order valence-electron chi connectivity index (χ0n) is 22.3. The smallest absolute Gasteiger partial charge is 0.272 e. The van der Waals surface area contributed by atoms with E-state index in [9.17, 15) is 13.2 Å². The molecule has 206 valence electrons. The Kier molecular flexibility index (Phi) is 7.42. The van der Waals surface area contributed by atoms with Crippen molar-refractivity contribution in [2.24, 2.45) is 5.73 Å². The molecular formula is C29H29N5O5S. The van der Waals surface area contributed by atoms with Gasteiger partial charge < -0.3 is 15.0 Å². The summed E-state index contributed by atoms with van der Waals surface area (Å²) in [7, 11) is -4.38. The van der Waals surface area contributed by atoms with Crippen molar-refractivity contribution < 1.29 is 22.5 Å². The SMILES string of the molecule is Cc1ccc(S(=O)(=O)N(C(=O)[C@@H](N)Cc2ccccc2)c2n[nH]c3ccc(OCc4c(C)noc4C)cc23)cc1. The van der Waals surface area contributed by atoms with Gasteiger partial charge in [-0.15, -0.1) is 0 Å². The highest BCUT2D eigenvalue weighted by atomic mass is 32.2. The number of carbonyl (C=O) groups is 1. The maximum atomic E-state index is 14.0. The molecule has 0 saturated heterocycles. The van der Waals surface area contributed by atoms with E-state index >= 15 is 0 Å². The Morgan fingerprint density at radius 1 is 1.05 bits per heavy atom. The molecule has 5 rings (SSSR count). The van der Waals surface area contributed by atoms with Crippen LogP contribution in [-0.2, 0) is 27.8 Å². The van der Waals surface area contributed by atoms with Crippen molar-refractivity contribution in [2.45, 2.75) is 44.7 Å². The second-order valence-corrected chi connectivity index (χ2v) is 11.3. The maximum absolute atomic E-state index is 14.0. The first kappa shape index (κ1) is 27.1. The molecule has 0 fully saturated rings. The third-order valence-electron chi connectivity index (χ3n) is 6.65. The average molecular weight is 560 g/mol. The molecule has 2 heterocycles. The number of amides is 1. The summed E-state index contributed by atoms with van der Waals surface area (Å²) in [6, 6.07) is 19.4. The summed E-state index contributed by atoms with van der Waals surface area (Å²) < 4.78 is 39.8. The minimum absolute atomic E-state index is 0.0553. The van der Waals surface area contributed by atoms with E-state index in [0.717, 1.165) is 22.4 Å². The third-order valence-corrected chi connectivity index (χ3v) is 8.35. The van der Waals surface area contributed by atoms with E-state index in [0.29, 0.717) is 26.7 Å². The van der Waals surface area contributed by atoms with Crippen LogP contribution < -0.4 is 14.8 Å². The topological polar surface area (TPSA) is 144 Å². The number of nitrogens with two attached hydrogens (primary N) is 1. The Labute approximate surface area is 231 Å². The van der Waals surface area contributed by atoms with Gasteiger partial charge in [-0.1, -0.05) is 53.2 Å². The molecule has 0 aliphatic heterocycles. The molecule has 0 aliphatic carbocycles. The summed E-state index contributed by atoms with van der Waals surface area (Å²) in [6.07, 6.45) is 0.147. The fraction of sp³-hybridized carbons (Fsp3) is 0.207. The van der Waals surface area contributed by atoms with Gasteiger partial charge in [0, 0.05) is 5.39 Å². The van der Waals surface area contributed by atoms with Gasteiger partial charge in [-0.05, 0) is 63.1 Å². The Bertz CT molecular complexity index is 1740. The number of H-pyrrole nitrogens is 1. The van der Waals surface area contributed by atoms with Gasteiger partial charge in [-0.3, -0.25) is 9.89 Å². The Hall–Kier alpha value is -4.48. The zero-order valence-corrected chi connectivity index (χ0v) is 23.1. The van der Waals surface area contributed by atoms with Gasteiger partial charge in [0.2, 0.25) is 0 Å². The van der Waals surface area contributed by atoms with E-state index in [1.807, 2.05) is 44.2 Å². The van der Waals surface area contributed by atoms with Crippen LogP contribution in [0.4, 0.5) is 5.82 Å². The lowest BCUT2D eigenvalue weighted by atomic mass is 10.1. The van der Waals surface area contributed by atoms with Crippen molar-refractivity contribution in [1.82, 2.24) is 15.4 Å². The summed E-state index contributed by atoms with van der Waals surface area (Å²) >= 11 is 0. The molecule has 3 N–H and O–H groups in total. The minimum atomic E-state index is -4.38. The summed E-state index contributed by atoms with van der Waals surface area (Å²) in [5.74, 6) is 0.201. The second-order valence-electron chi connectivity index (χ2n) is 9.56. The third kappa shape index (κ3) is 5.33. The van der Waals surface area contributed by atoms with Crippen LogP contribution in [0.15, 0.2) is 82.2 Å². The predicted molar refractivity (Wildman–Crippen MR) is 150 cm³/mol. The molecule has 10 nitrogen and oxygen atoms in total. The largest absolute Gasteiger partial charge is 0.489 e. The molecule has 0 unspecified atom stereocenters. The summed E-state index contributed by atoms with van der Waals surface area (Å²) in [6.45, 7) is 5.67. The number of hydrogen-bond acceptors (Lipinski definition) is 8. The van der Waals surface area contributed by atoms with Crippen molar-refractivity contribution in [1.29, 1.82) is 0 Å². The monoisotopic (exact) mass is 559 g/mol. The number of aryl methyl sites for hydroxylation is 3. The Balaban J connectivity index is 1.55. The highest BCUT2D eigenvalue weighted by Crippen LogP contribution is 2.33. The van der Waals surface area contributed by atoms with Crippen molar-refractivity contribution in [2.75, 3.05) is 4.31 Å². The van der Waals surface area contributed by atoms with E-state index < -0.39 is 22.0 Å². The van der Waals surface area contributed by atoms with Crippen molar-refractivity contribution >= 4 is 32.7 Å². The van der Waals surface area contributed by atoms with Gasteiger partial charge in [0.15, 0.2) is 5.82 Å². The molecule has 1 atom stereocenters. The molecule has 0 radical (unpaired) electrons. The van der Waals surface area contributed by atoms with Crippen LogP contribution in [-0.4, -0.2) is 35.7 Å². The standard InChI is InChI=1S/C29H29N5O5S/c1-18-9-12-23(13-10-18)40(36,37)34(29(35)26(30)15-21-7-5-4-6-8-21)28-24-16-22(11-14-27(24)31-32-28)38-17-25-19(2)33-39-20(25)3/h4-14,16,26H,15,17,30H2,1-3H3,(H,31,32)/t26-/m0/s1. The number of fused-ring (bicyclic) bond motifs is 1. The molecule has 0 aliphatic rings. The van der Waals surface area contributed by atoms with E-state index in [2.05, 4.69) is 15.4 Å². The average Bonchev–Trinajstić information content (AvgIpc) is 3.50. The summed E-state index contributed by atoms with van der Waals surface area (Å²) in [5.41, 5.74) is 10.1. The van der Waals surface area contributed by atoms with Crippen molar-refractivity contribution in [3.8, 4) is 5.75 Å². The number of hydrogen-bond donors (Lipinski definition) is 2. The molecule has 5 aromatic rings. The number of sulfonamides is 1. The van der Waals surface area contributed by atoms with Gasteiger partial charge in [-0.2, -0.15) is 9.40 Å². The lowest BCUT2D eigenvalue weighted by molar-refractivity contribution is -0.118. The van der Waals surface area contributed by atoms with Crippen LogP contribution in [0.5, 0.6) is 5.75 Å². The first-order valence-corrected chi connectivity index (χ1v) is 14.1. The van der Waals surface area contributed by atoms with Crippen molar-refractivity contribution in [3.63, 3.8) is 0 Å². The molecule has 0 spiro atoms. The van der Waals surface area contributed by atoms with Gasteiger partial charge >= 0.3 is 0 Å². The predicted octanol–water partition coefficient (Wildman–Crippen LogP) is 4.35. The normalized spacial score (nSPS) is 12.4. The van der Waals surface area contributed by atoms with Gasteiger partial charge in [0.25, 0.3) is 15.9 Å². The molecule has 0 saturated carbocycles. The fourth-order valence-corrected chi connectivity index (χ4v) is 5.78. The number of nitrogens with zero attached hydrogens (tertiary/aromatic N) is 3. The summed E-state index contributed by atoms with van der Waals surface area (Å²) in [4.78, 5) is 13.8. The maximum Gasteiger partial charge on any atom is 0.272 e. The highest BCUT2D eigenvalue weighted by Gasteiger charge is 2.37. The Morgan fingerprint density at radius 3 is 2.45 bits per heavy atom. The van der Waals surface area contributed by atoms with Gasteiger partial charge in [-0.25, -0.2) is 8.42 Å². The van der Waals surface area contributed by atoms with E-state index in [1.165, 1.54) is 12.1 Å². The van der Waals surface area contributed by atoms with E-state index in [1.54, 1.807) is 37.3 Å². The molecule has 1 amide bonds. The molecular weight excluding hydrogens is 530 g/mol. The van der Waals surface area contributed by atoms with Crippen LogP contribution in [0.2, 0.25) is 0 Å². The first-order chi connectivity index (χ1) is 19.1. The van der Waals surface area contributed by atoms with Crippen LogP contribution in [0.3, 0.4) is 0 Å². The number of aromatic amines is 1. The summed E-state index contributed by atoms with van der Waals surface area (Å²) in [5, 5.41) is 11.4. The number of carbonyl (C=O) groups excluding carboxylic acids is 1. The number of ether oxygens (including phenoxy) is 1. The molecule has 40 heavy (non-hydrogen) atoms. The first-order valence-electron chi connectivity index (χ1n) is 12.6. The fourth-order valence-electron chi connectivity index (χ4n) is 4.35. The number of benzene rings is 3. The molecule has 11 heteroatoms. The highest BCUT2D eigenvalue weighted by molar-refractivity contribution is 7.93. The van der Waals surface area contributed by atoms with Crippen LogP contribution in [0, 0.1) is 20.8 Å². The van der Waals surface area contributed by atoms with Gasteiger partial charge in [0.1, 0.15) is 18.1 Å². The molecule has 0 bridgehead atoms.